The molecule has 0 aliphatic heterocycles. The highest BCUT2D eigenvalue weighted by Gasteiger charge is 2.14. The summed E-state index contributed by atoms with van der Waals surface area (Å²) in [4.78, 5) is 5.08. The van der Waals surface area contributed by atoms with E-state index in [1.54, 1.807) is 10.7 Å². The Balaban J connectivity index is 1.85. The number of halogens is 1. The van der Waals surface area contributed by atoms with Gasteiger partial charge in [0.2, 0.25) is 4.96 Å². The highest BCUT2D eigenvalue weighted by atomic mass is 79.9. The van der Waals surface area contributed by atoms with Crippen LogP contribution in [0.3, 0.4) is 0 Å². The van der Waals surface area contributed by atoms with E-state index >= 15 is 0 Å². The molecule has 0 saturated heterocycles. The van der Waals surface area contributed by atoms with Crippen LogP contribution in [0.25, 0.3) is 27.1 Å². The molecule has 3 heterocycles. The summed E-state index contributed by atoms with van der Waals surface area (Å²) in [6.45, 7) is 0. The van der Waals surface area contributed by atoms with Crippen molar-refractivity contribution in [2.45, 2.75) is 0 Å². The second-order valence-corrected chi connectivity index (χ2v) is 6.22. The maximum Gasteiger partial charge on any atom is 0.235 e. The Kier molecular flexibility index (Phi) is 3.01. The lowest BCUT2D eigenvalue weighted by Gasteiger charge is -1.97. The Hall–Kier alpha value is -2.12. The summed E-state index contributed by atoms with van der Waals surface area (Å²) in [5, 5.41) is 13.8. The molecule has 0 bridgehead atoms. The molecule has 3 aromatic heterocycles. The van der Waals surface area contributed by atoms with E-state index in [4.69, 9.17) is 0 Å². The fraction of sp³-hybridized carbons (Fsp3) is 0. The first-order valence-corrected chi connectivity index (χ1v) is 7.82. The maximum absolute atomic E-state index is 4.58. The van der Waals surface area contributed by atoms with E-state index in [1.807, 2.05) is 42.5 Å². The SMILES string of the molecule is Brc1ccc(-c2nnc3sc(-c4ccccn4)nn23)cc1. The van der Waals surface area contributed by atoms with Crippen LogP contribution in [0.5, 0.6) is 0 Å². The van der Waals surface area contributed by atoms with Crippen molar-refractivity contribution in [1.29, 1.82) is 0 Å². The summed E-state index contributed by atoms with van der Waals surface area (Å²) in [6, 6.07) is 13.7. The average Bonchev–Trinajstić information content (AvgIpc) is 3.09. The van der Waals surface area contributed by atoms with Gasteiger partial charge in [-0.15, -0.1) is 10.2 Å². The van der Waals surface area contributed by atoms with Crippen molar-refractivity contribution in [3.8, 4) is 22.1 Å². The Morgan fingerprint density at radius 1 is 1.00 bits per heavy atom. The number of hydrogen-bond donors (Lipinski definition) is 0. The molecular weight excluding hydrogens is 350 g/mol. The summed E-state index contributed by atoms with van der Waals surface area (Å²) in [5.41, 5.74) is 1.82. The third-order valence-corrected chi connectivity index (χ3v) is 4.43. The molecule has 1 aromatic carbocycles. The van der Waals surface area contributed by atoms with Crippen LogP contribution >= 0.6 is 27.3 Å². The molecule has 0 amide bonds. The van der Waals surface area contributed by atoms with Gasteiger partial charge in [0.1, 0.15) is 5.69 Å². The molecule has 0 aliphatic carbocycles. The second-order valence-electron chi connectivity index (χ2n) is 4.35. The van der Waals surface area contributed by atoms with Gasteiger partial charge in [0.25, 0.3) is 0 Å². The van der Waals surface area contributed by atoms with E-state index in [0.29, 0.717) is 0 Å². The van der Waals surface area contributed by atoms with Crippen molar-refractivity contribution in [3.63, 3.8) is 0 Å². The lowest BCUT2D eigenvalue weighted by Crippen LogP contribution is -1.91. The third kappa shape index (κ3) is 2.24. The molecule has 0 spiro atoms. The Bertz CT molecular complexity index is 898. The third-order valence-electron chi connectivity index (χ3n) is 2.98. The van der Waals surface area contributed by atoms with Crippen LogP contribution in [-0.2, 0) is 0 Å². The van der Waals surface area contributed by atoms with Gasteiger partial charge in [-0.2, -0.15) is 9.61 Å². The molecule has 21 heavy (non-hydrogen) atoms. The molecule has 0 atom stereocenters. The van der Waals surface area contributed by atoms with Gasteiger partial charge < -0.3 is 0 Å². The van der Waals surface area contributed by atoms with Crippen molar-refractivity contribution in [1.82, 2.24) is 24.8 Å². The number of rotatable bonds is 2. The molecular formula is C14H8BrN5S. The molecule has 0 saturated carbocycles. The normalized spacial score (nSPS) is 11.1. The lowest BCUT2D eigenvalue weighted by molar-refractivity contribution is 0.967. The van der Waals surface area contributed by atoms with Gasteiger partial charge in [0.05, 0.1) is 0 Å². The summed E-state index contributed by atoms with van der Waals surface area (Å²) < 4.78 is 2.79. The quantitative estimate of drug-likeness (QED) is 0.549. The van der Waals surface area contributed by atoms with Gasteiger partial charge in [-0.1, -0.05) is 45.5 Å². The summed E-state index contributed by atoms with van der Waals surface area (Å²) in [5.74, 6) is 0.732. The zero-order valence-electron chi connectivity index (χ0n) is 10.6. The fourth-order valence-corrected chi connectivity index (χ4v) is 3.07. The zero-order valence-corrected chi connectivity index (χ0v) is 13.0. The minimum atomic E-state index is 0.732. The predicted molar refractivity (Wildman–Crippen MR) is 85.0 cm³/mol. The van der Waals surface area contributed by atoms with Crippen molar-refractivity contribution in [3.05, 3.63) is 53.1 Å². The molecule has 4 aromatic rings. The van der Waals surface area contributed by atoms with Gasteiger partial charge >= 0.3 is 0 Å². The van der Waals surface area contributed by atoms with Crippen LogP contribution in [0.15, 0.2) is 53.1 Å². The van der Waals surface area contributed by atoms with Gasteiger partial charge in [-0.3, -0.25) is 4.98 Å². The minimum Gasteiger partial charge on any atom is -0.254 e. The molecule has 0 unspecified atom stereocenters. The van der Waals surface area contributed by atoms with E-state index in [-0.39, 0.29) is 0 Å². The zero-order chi connectivity index (χ0) is 14.2. The van der Waals surface area contributed by atoms with E-state index in [2.05, 4.69) is 36.2 Å². The highest BCUT2D eigenvalue weighted by molar-refractivity contribution is 9.10. The Morgan fingerprint density at radius 2 is 1.86 bits per heavy atom. The highest BCUT2D eigenvalue weighted by Crippen LogP contribution is 2.27. The largest absolute Gasteiger partial charge is 0.254 e. The first kappa shape index (κ1) is 12.6. The van der Waals surface area contributed by atoms with Crippen LogP contribution in [0.2, 0.25) is 0 Å². The van der Waals surface area contributed by atoms with Crippen molar-refractivity contribution >= 4 is 32.2 Å². The van der Waals surface area contributed by atoms with Crippen molar-refractivity contribution in [2.75, 3.05) is 0 Å². The van der Waals surface area contributed by atoms with E-state index in [9.17, 15) is 0 Å². The minimum absolute atomic E-state index is 0.732. The van der Waals surface area contributed by atoms with E-state index in [1.165, 1.54) is 11.3 Å². The molecule has 4 rings (SSSR count). The molecule has 5 nitrogen and oxygen atoms in total. The van der Waals surface area contributed by atoms with Crippen molar-refractivity contribution < 1.29 is 0 Å². The summed E-state index contributed by atoms with van der Waals surface area (Å²) >= 11 is 4.90. The molecule has 102 valence electrons. The molecule has 7 heteroatoms. The number of pyridine rings is 1. The van der Waals surface area contributed by atoms with Gasteiger partial charge in [0.15, 0.2) is 10.8 Å². The second kappa shape index (κ2) is 5.01. The van der Waals surface area contributed by atoms with Crippen LogP contribution in [-0.4, -0.2) is 24.8 Å². The van der Waals surface area contributed by atoms with Crippen LogP contribution in [0.1, 0.15) is 0 Å². The molecule has 0 fully saturated rings. The number of fused-ring (bicyclic) bond motifs is 1. The molecule has 0 aliphatic rings. The lowest BCUT2D eigenvalue weighted by atomic mass is 10.2. The Labute approximate surface area is 132 Å². The van der Waals surface area contributed by atoms with Gasteiger partial charge in [-0.25, -0.2) is 0 Å². The van der Waals surface area contributed by atoms with Crippen LogP contribution in [0.4, 0.5) is 0 Å². The maximum atomic E-state index is 4.58. The van der Waals surface area contributed by atoms with E-state index in [0.717, 1.165) is 31.5 Å². The topological polar surface area (TPSA) is 56.0 Å². The fourth-order valence-electron chi connectivity index (χ4n) is 1.99. The first-order valence-electron chi connectivity index (χ1n) is 6.21. The Morgan fingerprint density at radius 3 is 2.62 bits per heavy atom. The number of hydrogen-bond acceptors (Lipinski definition) is 5. The van der Waals surface area contributed by atoms with E-state index < -0.39 is 0 Å². The average molecular weight is 358 g/mol. The monoisotopic (exact) mass is 357 g/mol. The number of benzene rings is 1. The standard InChI is InChI=1S/C14H8BrN5S/c15-10-6-4-9(5-7-10)12-17-18-14-20(12)19-13(21-14)11-3-1-2-8-16-11/h1-8H. The summed E-state index contributed by atoms with van der Waals surface area (Å²) in [7, 11) is 0. The van der Waals surface area contributed by atoms with Gasteiger partial charge in [0, 0.05) is 16.2 Å². The van der Waals surface area contributed by atoms with Crippen molar-refractivity contribution in [2.24, 2.45) is 0 Å². The predicted octanol–water partition coefficient (Wildman–Crippen LogP) is 3.68. The first-order chi connectivity index (χ1) is 10.3. The van der Waals surface area contributed by atoms with Crippen LogP contribution in [0, 0.1) is 0 Å². The smallest absolute Gasteiger partial charge is 0.235 e. The number of aromatic nitrogens is 5. The summed E-state index contributed by atoms with van der Waals surface area (Å²) in [6.07, 6.45) is 1.76. The number of nitrogens with zero attached hydrogens (tertiary/aromatic N) is 5. The van der Waals surface area contributed by atoms with Gasteiger partial charge in [-0.05, 0) is 24.3 Å². The molecule has 0 radical (unpaired) electrons. The molecule has 0 N–H and O–H groups in total. The van der Waals surface area contributed by atoms with Crippen LogP contribution < -0.4 is 0 Å².